The number of nitrogens with zero attached hydrogens (tertiary/aromatic N) is 2. The molecule has 0 spiro atoms. The Kier molecular flexibility index (Phi) is 7.39. The third-order valence-electron chi connectivity index (χ3n) is 4.51. The highest BCUT2D eigenvalue weighted by Crippen LogP contribution is 2.29. The molecule has 1 aliphatic carbocycles. The summed E-state index contributed by atoms with van der Waals surface area (Å²) >= 11 is 6.17. The highest BCUT2D eigenvalue weighted by molar-refractivity contribution is 6.32. The normalized spacial score (nSPS) is 22.2. The lowest BCUT2D eigenvalue weighted by Gasteiger charge is -2.25. The van der Waals surface area contributed by atoms with Gasteiger partial charge in [-0.05, 0) is 31.4 Å². The van der Waals surface area contributed by atoms with E-state index in [9.17, 15) is 4.79 Å². The van der Waals surface area contributed by atoms with Crippen LogP contribution in [0.5, 0.6) is 0 Å². The van der Waals surface area contributed by atoms with Crippen LogP contribution in [0.3, 0.4) is 0 Å². The predicted octanol–water partition coefficient (Wildman–Crippen LogP) is 2.55. The van der Waals surface area contributed by atoms with Crippen molar-refractivity contribution in [1.82, 2.24) is 10.3 Å². The zero-order chi connectivity index (χ0) is 14.9. The molecular formula is C15H23Cl3N4O. The molecule has 0 aromatic carbocycles. The number of anilines is 1. The Morgan fingerprint density at radius 2 is 2.09 bits per heavy atom. The minimum absolute atomic E-state index is 0. The molecule has 5 nitrogen and oxygen atoms in total. The molecule has 0 bridgehead atoms. The highest BCUT2D eigenvalue weighted by Gasteiger charge is 2.38. The number of hydrogen-bond donors (Lipinski definition) is 2. The number of pyridine rings is 1. The Morgan fingerprint density at radius 1 is 1.39 bits per heavy atom. The summed E-state index contributed by atoms with van der Waals surface area (Å²) in [5, 5.41) is 3.75. The van der Waals surface area contributed by atoms with E-state index in [1.807, 2.05) is 12.1 Å². The molecule has 3 rings (SSSR count). The van der Waals surface area contributed by atoms with Gasteiger partial charge < -0.3 is 16.0 Å². The van der Waals surface area contributed by atoms with Gasteiger partial charge in [0, 0.05) is 25.3 Å². The van der Waals surface area contributed by atoms with Crippen molar-refractivity contribution in [3.05, 3.63) is 23.4 Å². The monoisotopic (exact) mass is 380 g/mol. The molecule has 1 aliphatic heterocycles. The van der Waals surface area contributed by atoms with Crippen LogP contribution in [-0.4, -0.2) is 35.6 Å². The van der Waals surface area contributed by atoms with E-state index in [-0.39, 0.29) is 36.8 Å². The number of rotatable bonds is 3. The number of carbonyl (C=O) groups excluding carboxylic acids is 1. The molecule has 2 fully saturated rings. The van der Waals surface area contributed by atoms with E-state index in [2.05, 4.69) is 15.2 Å². The van der Waals surface area contributed by atoms with Crippen LogP contribution >= 0.6 is 36.4 Å². The third kappa shape index (κ3) is 4.41. The second-order valence-corrected chi connectivity index (χ2v) is 6.48. The van der Waals surface area contributed by atoms with E-state index in [0.717, 1.165) is 51.0 Å². The van der Waals surface area contributed by atoms with Crippen molar-refractivity contribution in [1.29, 1.82) is 0 Å². The summed E-state index contributed by atoms with van der Waals surface area (Å²) in [5.41, 5.74) is 5.53. The molecule has 3 N–H and O–H groups in total. The lowest BCUT2D eigenvalue weighted by molar-refractivity contribution is -0.126. The molecule has 23 heavy (non-hydrogen) atoms. The van der Waals surface area contributed by atoms with Crippen molar-refractivity contribution in [2.75, 3.05) is 18.0 Å². The summed E-state index contributed by atoms with van der Waals surface area (Å²) in [7, 11) is 0. The number of halogens is 3. The van der Waals surface area contributed by atoms with E-state index >= 15 is 0 Å². The first-order valence-corrected chi connectivity index (χ1v) is 7.92. The van der Waals surface area contributed by atoms with Crippen molar-refractivity contribution < 1.29 is 4.79 Å². The van der Waals surface area contributed by atoms with Crippen LogP contribution in [0.1, 0.15) is 32.1 Å². The fourth-order valence-corrected chi connectivity index (χ4v) is 3.48. The average molecular weight is 382 g/mol. The summed E-state index contributed by atoms with van der Waals surface area (Å²) in [4.78, 5) is 18.8. The summed E-state index contributed by atoms with van der Waals surface area (Å²) in [5.74, 6) is 0.790. The second-order valence-electron chi connectivity index (χ2n) is 6.08. The number of hydrogen-bond acceptors (Lipinski definition) is 4. The first-order valence-electron chi connectivity index (χ1n) is 7.54. The zero-order valence-electron chi connectivity index (χ0n) is 12.8. The standard InChI is InChI=1S/C15H21ClN4O.2ClH/c16-12-4-3-8-18-13(12)20-9-5-11(10-20)19-14(21)15(17)6-1-2-7-15;;/h3-4,8,11H,1-2,5-7,9-10,17H2,(H,19,21);2*1H. The lowest BCUT2D eigenvalue weighted by atomic mass is 9.97. The number of nitrogens with two attached hydrogens (primary N) is 1. The molecule has 8 heteroatoms. The van der Waals surface area contributed by atoms with Gasteiger partial charge in [-0.15, -0.1) is 24.8 Å². The van der Waals surface area contributed by atoms with Crippen LogP contribution in [0.4, 0.5) is 5.82 Å². The van der Waals surface area contributed by atoms with Gasteiger partial charge in [-0.1, -0.05) is 24.4 Å². The van der Waals surface area contributed by atoms with Crippen molar-refractivity contribution in [3.8, 4) is 0 Å². The quantitative estimate of drug-likeness (QED) is 0.844. The van der Waals surface area contributed by atoms with E-state index < -0.39 is 5.54 Å². The van der Waals surface area contributed by atoms with Gasteiger partial charge in [0.25, 0.3) is 0 Å². The average Bonchev–Trinajstić information content (AvgIpc) is 3.09. The van der Waals surface area contributed by atoms with E-state index in [1.165, 1.54) is 0 Å². The number of aromatic nitrogens is 1. The zero-order valence-corrected chi connectivity index (χ0v) is 15.2. The van der Waals surface area contributed by atoms with Gasteiger partial charge >= 0.3 is 0 Å². The van der Waals surface area contributed by atoms with E-state index in [1.54, 1.807) is 6.20 Å². The second kappa shape index (κ2) is 8.38. The fraction of sp³-hybridized carbons (Fsp3) is 0.600. The molecule has 1 aromatic rings. The van der Waals surface area contributed by atoms with Gasteiger partial charge in [-0.25, -0.2) is 4.98 Å². The molecular weight excluding hydrogens is 359 g/mol. The summed E-state index contributed by atoms with van der Waals surface area (Å²) in [6, 6.07) is 3.78. The molecule has 2 aliphatic rings. The van der Waals surface area contributed by atoms with Crippen molar-refractivity contribution >= 4 is 48.1 Å². The van der Waals surface area contributed by atoms with Gasteiger partial charge in [0.1, 0.15) is 5.82 Å². The summed E-state index contributed by atoms with van der Waals surface area (Å²) in [6.45, 7) is 1.58. The smallest absolute Gasteiger partial charge is 0.240 e. The fourth-order valence-electron chi connectivity index (χ4n) is 3.24. The highest BCUT2D eigenvalue weighted by atomic mass is 35.5. The number of amides is 1. The topological polar surface area (TPSA) is 71.2 Å². The minimum atomic E-state index is -0.657. The summed E-state index contributed by atoms with van der Waals surface area (Å²) in [6.07, 6.45) is 6.31. The molecule has 2 heterocycles. The van der Waals surface area contributed by atoms with Gasteiger partial charge in [-0.3, -0.25) is 4.79 Å². The Hall–Kier alpha value is -0.750. The van der Waals surface area contributed by atoms with Crippen LogP contribution in [0.2, 0.25) is 5.02 Å². The van der Waals surface area contributed by atoms with Crippen LogP contribution in [-0.2, 0) is 4.79 Å². The molecule has 0 radical (unpaired) electrons. The van der Waals surface area contributed by atoms with Crippen LogP contribution in [0.25, 0.3) is 0 Å². The SMILES string of the molecule is Cl.Cl.NC1(C(=O)NC2CCN(c3ncccc3Cl)C2)CCCC1. The Morgan fingerprint density at radius 3 is 2.74 bits per heavy atom. The van der Waals surface area contributed by atoms with Gasteiger partial charge in [-0.2, -0.15) is 0 Å². The Labute approximate surface area is 154 Å². The molecule has 1 saturated carbocycles. The Balaban J connectivity index is 0.00000132. The molecule has 1 saturated heterocycles. The molecule has 1 atom stereocenters. The van der Waals surface area contributed by atoms with Crippen LogP contribution < -0.4 is 16.0 Å². The van der Waals surface area contributed by atoms with E-state index in [4.69, 9.17) is 17.3 Å². The maximum Gasteiger partial charge on any atom is 0.240 e. The van der Waals surface area contributed by atoms with E-state index in [0.29, 0.717) is 5.02 Å². The Bertz CT molecular complexity index is 537. The van der Waals surface area contributed by atoms with Crippen LogP contribution in [0, 0.1) is 0 Å². The molecule has 1 unspecified atom stereocenters. The maximum atomic E-state index is 12.3. The minimum Gasteiger partial charge on any atom is -0.353 e. The molecule has 1 amide bonds. The number of nitrogens with one attached hydrogen (secondary N) is 1. The largest absolute Gasteiger partial charge is 0.353 e. The summed E-state index contributed by atoms with van der Waals surface area (Å²) < 4.78 is 0. The van der Waals surface area contributed by atoms with Crippen molar-refractivity contribution in [2.45, 2.75) is 43.7 Å². The lowest BCUT2D eigenvalue weighted by Crippen LogP contribution is -2.54. The van der Waals surface area contributed by atoms with Gasteiger partial charge in [0.15, 0.2) is 0 Å². The maximum absolute atomic E-state index is 12.3. The van der Waals surface area contributed by atoms with Crippen molar-refractivity contribution in [3.63, 3.8) is 0 Å². The van der Waals surface area contributed by atoms with Crippen molar-refractivity contribution in [2.24, 2.45) is 5.73 Å². The van der Waals surface area contributed by atoms with Gasteiger partial charge in [0.2, 0.25) is 5.91 Å². The molecule has 130 valence electrons. The predicted molar refractivity (Wildman–Crippen MR) is 97.9 cm³/mol. The molecule has 1 aromatic heterocycles. The van der Waals surface area contributed by atoms with Crippen LogP contribution in [0.15, 0.2) is 18.3 Å². The first kappa shape index (κ1) is 20.3. The van der Waals surface area contributed by atoms with Gasteiger partial charge in [0.05, 0.1) is 10.6 Å². The third-order valence-corrected chi connectivity index (χ3v) is 4.81. The number of carbonyl (C=O) groups is 1. The first-order chi connectivity index (χ1) is 10.1.